The molecular weight excluding hydrogens is 326 g/mol. The first kappa shape index (κ1) is 18.7. The molecule has 2 unspecified atom stereocenters. The summed E-state index contributed by atoms with van der Waals surface area (Å²) in [5, 5.41) is 9.73. The van der Waals surface area contributed by atoms with Crippen LogP contribution in [0.3, 0.4) is 0 Å². The highest BCUT2D eigenvalue weighted by Gasteiger charge is 2.23. The van der Waals surface area contributed by atoms with E-state index in [1.807, 2.05) is 13.8 Å². The molecule has 6 heteroatoms. The van der Waals surface area contributed by atoms with Crippen LogP contribution in [-0.4, -0.2) is 37.0 Å². The quantitative estimate of drug-likeness (QED) is 0.706. The fraction of sp³-hybridized carbons (Fsp3) is 0.556. The second-order valence-electron chi connectivity index (χ2n) is 6.70. The lowest BCUT2D eigenvalue weighted by Crippen LogP contribution is -2.49. The van der Waals surface area contributed by atoms with Gasteiger partial charge in [-0.15, -0.1) is 0 Å². The maximum absolute atomic E-state index is 12.5. The Morgan fingerprint density at radius 2 is 2.00 bits per heavy atom. The van der Waals surface area contributed by atoms with Gasteiger partial charge in [0.1, 0.15) is 6.04 Å². The molecule has 0 radical (unpaired) electrons. The number of hydrogen-bond acceptors (Lipinski definition) is 3. The molecule has 1 heterocycles. The van der Waals surface area contributed by atoms with Crippen LogP contribution in [0.15, 0.2) is 24.3 Å². The number of nitrogens with one attached hydrogen (secondary N) is 3. The van der Waals surface area contributed by atoms with Crippen molar-refractivity contribution in [3.8, 4) is 0 Å². The molecule has 132 valence electrons. The molecule has 0 bridgehead atoms. The number of benzene rings is 1. The van der Waals surface area contributed by atoms with Crippen LogP contribution in [0.2, 0.25) is 5.02 Å². The van der Waals surface area contributed by atoms with Crippen LogP contribution in [0.5, 0.6) is 0 Å². The van der Waals surface area contributed by atoms with Gasteiger partial charge in [0.2, 0.25) is 5.91 Å². The highest BCUT2D eigenvalue weighted by atomic mass is 35.5. The first-order valence-electron chi connectivity index (χ1n) is 8.53. The third-order valence-corrected chi connectivity index (χ3v) is 4.37. The van der Waals surface area contributed by atoms with Crippen molar-refractivity contribution in [3.05, 3.63) is 34.9 Å². The van der Waals surface area contributed by atoms with E-state index in [1.54, 1.807) is 24.3 Å². The highest BCUT2D eigenvalue weighted by Crippen LogP contribution is 2.11. The zero-order valence-corrected chi connectivity index (χ0v) is 15.0. The summed E-state index contributed by atoms with van der Waals surface area (Å²) in [6.07, 6.45) is 2.82. The van der Waals surface area contributed by atoms with Crippen molar-refractivity contribution < 1.29 is 9.59 Å². The number of hydrogen-bond donors (Lipinski definition) is 3. The fourth-order valence-corrected chi connectivity index (χ4v) is 2.95. The van der Waals surface area contributed by atoms with Crippen LogP contribution in [-0.2, 0) is 4.79 Å². The molecule has 1 saturated heterocycles. The van der Waals surface area contributed by atoms with E-state index in [1.165, 1.54) is 0 Å². The van der Waals surface area contributed by atoms with Crippen molar-refractivity contribution in [2.24, 2.45) is 5.92 Å². The monoisotopic (exact) mass is 351 g/mol. The Labute approximate surface area is 148 Å². The van der Waals surface area contributed by atoms with Gasteiger partial charge in [0.05, 0.1) is 0 Å². The molecule has 0 spiro atoms. The molecule has 0 aromatic heterocycles. The van der Waals surface area contributed by atoms with E-state index < -0.39 is 6.04 Å². The predicted molar refractivity (Wildman–Crippen MR) is 96.2 cm³/mol. The van der Waals surface area contributed by atoms with Gasteiger partial charge < -0.3 is 16.0 Å². The van der Waals surface area contributed by atoms with Crippen molar-refractivity contribution in [1.82, 2.24) is 16.0 Å². The summed E-state index contributed by atoms with van der Waals surface area (Å²) in [7, 11) is 0. The molecule has 3 N–H and O–H groups in total. The second-order valence-corrected chi connectivity index (χ2v) is 7.14. The van der Waals surface area contributed by atoms with Gasteiger partial charge in [-0.3, -0.25) is 9.59 Å². The van der Waals surface area contributed by atoms with Crippen molar-refractivity contribution in [2.45, 2.75) is 45.2 Å². The van der Waals surface area contributed by atoms with Gasteiger partial charge in [-0.1, -0.05) is 25.4 Å². The lowest BCUT2D eigenvalue weighted by Gasteiger charge is -2.21. The van der Waals surface area contributed by atoms with E-state index in [4.69, 9.17) is 11.6 Å². The zero-order valence-electron chi connectivity index (χ0n) is 14.3. The molecule has 1 aromatic rings. The van der Waals surface area contributed by atoms with E-state index in [0.717, 1.165) is 19.4 Å². The number of carbonyl (C=O) groups is 2. The van der Waals surface area contributed by atoms with Crippen LogP contribution in [0.25, 0.3) is 0 Å². The summed E-state index contributed by atoms with van der Waals surface area (Å²) in [5.41, 5.74) is 0.499. The summed E-state index contributed by atoms with van der Waals surface area (Å²) in [6, 6.07) is 6.45. The van der Waals surface area contributed by atoms with Gasteiger partial charge >= 0.3 is 0 Å². The Balaban J connectivity index is 1.94. The first-order chi connectivity index (χ1) is 11.5. The topological polar surface area (TPSA) is 70.2 Å². The van der Waals surface area contributed by atoms with Crippen LogP contribution >= 0.6 is 11.6 Å². The van der Waals surface area contributed by atoms with E-state index >= 15 is 0 Å². The summed E-state index contributed by atoms with van der Waals surface area (Å²) < 4.78 is 0. The maximum Gasteiger partial charge on any atom is 0.251 e. The Kier molecular flexibility index (Phi) is 7.06. The third kappa shape index (κ3) is 5.80. The van der Waals surface area contributed by atoms with Crippen LogP contribution < -0.4 is 16.0 Å². The van der Waals surface area contributed by atoms with Crippen molar-refractivity contribution in [1.29, 1.82) is 0 Å². The molecule has 2 rings (SSSR count). The average Bonchev–Trinajstić information content (AvgIpc) is 3.05. The summed E-state index contributed by atoms with van der Waals surface area (Å²) in [4.78, 5) is 24.8. The molecule has 1 fully saturated rings. The normalized spacial score (nSPS) is 18.4. The minimum absolute atomic E-state index is 0.125. The molecule has 5 nitrogen and oxygen atoms in total. The Bertz CT molecular complexity index is 554. The Morgan fingerprint density at radius 1 is 1.29 bits per heavy atom. The van der Waals surface area contributed by atoms with Crippen molar-refractivity contribution in [3.63, 3.8) is 0 Å². The molecule has 0 aliphatic carbocycles. The van der Waals surface area contributed by atoms with Crippen molar-refractivity contribution >= 4 is 23.4 Å². The van der Waals surface area contributed by atoms with Gasteiger partial charge in [0, 0.05) is 23.2 Å². The molecule has 24 heavy (non-hydrogen) atoms. The largest absolute Gasteiger partial charge is 0.353 e. The molecule has 0 saturated carbocycles. The van der Waals surface area contributed by atoms with E-state index in [2.05, 4.69) is 16.0 Å². The standard InChI is InChI=1S/C18H26ClN3O2/c1-12(2)10-16(18(24)21-11-15-4-3-9-20-15)22-17(23)13-5-7-14(19)8-6-13/h5-8,12,15-16,20H,3-4,9-11H2,1-2H3,(H,21,24)(H,22,23). The molecule has 2 amide bonds. The number of amides is 2. The summed E-state index contributed by atoms with van der Waals surface area (Å²) >= 11 is 5.84. The molecule has 2 atom stereocenters. The summed E-state index contributed by atoms with van der Waals surface area (Å²) in [5.74, 6) is -0.0814. The average molecular weight is 352 g/mol. The lowest BCUT2D eigenvalue weighted by molar-refractivity contribution is -0.123. The zero-order chi connectivity index (χ0) is 17.5. The SMILES string of the molecule is CC(C)CC(NC(=O)c1ccc(Cl)cc1)C(=O)NCC1CCCN1. The fourth-order valence-electron chi connectivity index (χ4n) is 2.82. The Morgan fingerprint density at radius 3 is 2.58 bits per heavy atom. The minimum atomic E-state index is -0.533. The minimum Gasteiger partial charge on any atom is -0.353 e. The highest BCUT2D eigenvalue weighted by molar-refractivity contribution is 6.30. The third-order valence-electron chi connectivity index (χ3n) is 4.12. The second kappa shape index (κ2) is 9.04. The number of halogens is 1. The van der Waals surface area contributed by atoms with Crippen LogP contribution in [0, 0.1) is 5.92 Å². The lowest BCUT2D eigenvalue weighted by atomic mass is 10.0. The number of carbonyl (C=O) groups excluding carboxylic acids is 2. The van der Waals surface area contributed by atoms with Crippen LogP contribution in [0.4, 0.5) is 0 Å². The summed E-state index contributed by atoms with van der Waals surface area (Å²) in [6.45, 7) is 5.67. The van der Waals surface area contributed by atoms with Gasteiger partial charge in [-0.05, 0) is 56.0 Å². The molecular formula is C18H26ClN3O2. The molecule has 1 aromatic carbocycles. The van der Waals surface area contributed by atoms with E-state index in [0.29, 0.717) is 35.5 Å². The predicted octanol–water partition coefficient (Wildman–Crippen LogP) is 2.35. The van der Waals surface area contributed by atoms with E-state index in [9.17, 15) is 9.59 Å². The maximum atomic E-state index is 12.5. The smallest absolute Gasteiger partial charge is 0.251 e. The van der Waals surface area contributed by atoms with Gasteiger partial charge in [0.25, 0.3) is 5.91 Å². The first-order valence-corrected chi connectivity index (χ1v) is 8.91. The van der Waals surface area contributed by atoms with Gasteiger partial charge in [-0.2, -0.15) is 0 Å². The van der Waals surface area contributed by atoms with Crippen LogP contribution in [0.1, 0.15) is 43.5 Å². The van der Waals surface area contributed by atoms with E-state index in [-0.39, 0.29) is 11.8 Å². The molecule has 1 aliphatic heterocycles. The van der Waals surface area contributed by atoms with Crippen molar-refractivity contribution in [2.75, 3.05) is 13.1 Å². The number of rotatable bonds is 7. The molecule has 1 aliphatic rings. The van der Waals surface area contributed by atoms with Gasteiger partial charge in [-0.25, -0.2) is 0 Å². The Hall–Kier alpha value is -1.59. The van der Waals surface area contributed by atoms with Gasteiger partial charge in [0.15, 0.2) is 0 Å².